The number of methoxy groups -OCH3 is 1. The Morgan fingerprint density at radius 2 is 1.86 bits per heavy atom. The second-order valence-corrected chi connectivity index (χ2v) is 6.52. The average molecular weight is 392 g/mol. The monoisotopic (exact) mass is 392 g/mol. The lowest BCUT2D eigenvalue weighted by Gasteiger charge is -2.12. The van der Waals surface area contributed by atoms with Crippen LogP contribution in [-0.2, 0) is 19.8 Å². The summed E-state index contributed by atoms with van der Waals surface area (Å²) in [4.78, 5) is 8.45. The summed E-state index contributed by atoms with van der Waals surface area (Å²) < 4.78 is 11.3. The van der Waals surface area contributed by atoms with Crippen molar-refractivity contribution in [3.05, 3.63) is 82.7 Å². The third-order valence-electron chi connectivity index (χ3n) is 4.49. The molecule has 0 amide bonds. The highest BCUT2D eigenvalue weighted by molar-refractivity contribution is 5.85. The standard InChI is InChI=1S/C23H24N2O4/c1-16-23(27)20(19(14-26)12-25-16)13-24-11-18-8-9-21(22(10-18)28-2)29-15-17-6-4-3-5-7-17/h3-10,12-13,26-27H,11,14-15H2,1-2H3. The Hall–Kier alpha value is -3.38. The molecule has 0 aliphatic heterocycles. The number of aliphatic imine (C=N–C) groups is 1. The Morgan fingerprint density at radius 1 is 1.07 bits per heavy atom. The second-order valence-electron chi connectivity index (χ2n) is 6.52. The van der Waals surface area contributed by atoms with E-state index in [1.807, 2.05) is 48.5 Å². The minimum Gasteiger partial charge on any atom is -0.505 e. The fourth-order valence-electron chi connectivity index (χ4n) is 2.83. The predicted octanol–water partition coefficient (Wildman–Crippen LogP) is 3.79. The smallest absolute Gasteiger partial charge is 0.161 e. The number of aliphatic hydroxyl groups is 1. The number of aromatic hydroxyl groups is 1. The Morgan fingerprint density at radius 3 is 2.59 bits per heavy atom. The van der Waals surface area contributed by atoms with E-state index >= 15 is 0 Å². The Bertz CT molecular complexity index is 988. The molecule has 0 fully saturated rings. The first-order chi connectivity index (χ1) is 14.1. The molecule has 2 N–H and O–H groups in total. The van der Waals surface area contributed by atoms with E-state index in [0.29, 0.717) is 41.5 Å². The summed E-state index contributed by atoms with van der Waals surface area (Å²) in [5.41, 5.74) is 3.51. The Kier molecular flexibility index (Phi) is 6.81. The van der Waals surface area contributed by atoms with E-state index in [-0.39, 0.29) is 12.4 Å². The van der Waals surface area contributed by atoms with Gasteiger partial charge in [-0.05, 0) is 30.2 Å². The lowest BCUT2D eigenvalue weighted by atomic mass is 10.1. The maximum atomic E-state index is 10.2. The van der Waals surface area contributed by atoms with Crippen molar-refractivity contribution in [2.75, 3.05) is 7.11 Å². The van der Waals surface area contributed by atoms with E-state index in [1.165, 1.54) is 6.20 Å². The SMILES string of the molecule is COc1cc(CN=Cc2c(CO)cnc(C)c2O)ccc1OCc1ccccc1. The largest absolute Gasteiger partial charge is 0.505 e. The lowest BCUT2D eigenvalue weighted by Crippen LogP contribution is -1.99. The van der Waals surface area contributed by atoms with Gasteiger partial charge in [0, 0.05) is 23.5 Å². The third-order valence-corrected chi connectivity index (χ3v) is 4.49. The fraction of sp³-hybridized carbons (Fsp3) is 0.217. The van der Waals surface area contributed by atoms with Gasteiger partial charge in [0.25, 0.3) is 0 Å². The third kappa shape index (κ3) is 5.12. The highest BCUT2D eigenvalue weighted by Gasteiger charge is 2.10. The van der Waals surface area contributed by atoms with Crippen molar-refractivity contribution in [2.24, 2.45) is 4.99 Å². The van der Waals surface area contributed by atoms with Gasteiger partial charge in [0.05, 0.1) is 26.0 Å². The van der Waals surface area contributed by atoms with Crippen LogP contribution in [0, 0.1) is 6.92 Å². The van der Waals surface area contributed by atoms with Gasteiger partial charge < -0.3 is 19.7 Å². The molecule has 6 nitrogen and oxygen atoms in total. The Labute approximate surface area is 170 Å². The van der Waals surface area contributed by atoms with Crippen molar-refractivity contribution < 1.29 is 19.7 Å². The normalized spacial score (nSPS) is 11.0. The van der Waals surface area contributed by atoms with Crippen molar-refractivity contribution >= 4 is 6.21 Å². The van der Waals surface area contributed by atoms with Gasteiger partial charge in [-0.3, -0.25) is 9.98 Å². The number of nitrogens with zero attached hydrogens (tertiary/aromatic N) is 2. The molecule has 29 heavy (non-hydrogen) atoms. The van der Waals surface area contributed by atoms with Crippen molar-refractivity contribution in [3.63, 3.8) is 0 Å². The molecular weight excluding hydrogens is 368 g/mol. The summed E-state index contributed by atoms with van der Waals surface area (Å²) in [5.74, 6) is 1.32. The zero-order valence-electron chi connectivity index (χ0n) is 16.5. The fourth-order valence-corrected chi connectivity index (χ4v) is 2.83. The maximum Gasteiger partial charge on any atom is 0.161 e. The summed E-state index contributed by atoms with van der Waals surface area (Å²) in [6.45, 7) is 2.33. The van der Waals surface area contributed by atoms with Crippen LogP contribution in [-0.4, -0.2) is 28.5 Å². The van der Waals surface area contributed by atoms with E-state index < -0.39 is 0 Å². The van der Waals surface area contributed by atoms with Crippen molar-refractivity contribution in [3.8, 4) is 17.2 Å². The predicted molar refractivity (Wildman–Crippen MR) is 112 cm³/mol. The van der Waals surface area contributed by atoms with Crippen molar-refractivity contribution in [1.82, 2.24) is 4.98 Å². The van der Waals surface area contributed by atoms with Gasteiger partial charge in [0.15, 0.2) is 11.5 Å². The molecule has 0 unspecified atom stereocenters. The molecule has 2 aromatic carbocycles. The molecule has 0 spiro atoms. The zero-order valence-corrected chi connectivity index (χ0v) is 16.5. The van der Waals surface area contributed by atoms with Gasteiger partial charge in [-0.25, -0.2) is 0 Å². The molecule has 0 radical (unpaired) electrons. The highest BCUT2D eigenvalue weighted by Crippen LogP contribution is 2.29. The molecule has 0 aliphatic rings. The second kappa shape index (κ2) is 9.71. The average Bonchev–Trinajstić information content (AvgIpc) is 2.76. The van der Waals surface area contributed by atoms with Crippen LogP contribution in [0.15, 0.2) is 59.7 Å². The minimum absolute atomic E-state index is 0.0301. The number of rotatable bonds is 8. The first-order valence-electron chi connectivity index (χ1n) is 9.24. The number of hydrogen-bond acceptors (Lipinski definition) is 6. The quantitative estimate of drug-likeness (QED) is 0.570. The number of aliphatic hydroxyl groups excluding tert-OH is 1. The summed E-state index contributed by atoms with van der Waals surface area (Å²) in [6.07, 6.45) is 3.10. The van der Waals surface area contributed by atoms with Gasteiger partial charge in [-0.1, -0.05) is 36.4 Å². The lowest BCUT2D eigenvalue weighted by molar-refractivity contribution is 0.280. The van der Waals surface area contributed by atoms with Gasteiger partial charge in [0.2, 0.25) is 0 Å². The zero-order chi connectivity index (χ0) is 20.6. The summed E-state index contributed by atoms with van der Waals surface area (Å²) in [7, 11) is 1.60. The first-order valence-corrected chi connectivity index (χ1v) is 9.24. The molecule has 1 heterocycles. The molecule has 0 atom stereocenters. The molecule has 1 aromatic heterocycles. The minimum atomic E-state index is -0.219. The maximum absolute atomic E-state index is 10.2. The van der Waals surface area contributed by atoms with E-state index in [9.17, 15) is 10.2 Å². The number of aromatic nitrogens is 1. The molecule has 0 bridgehead atoms. The van der Waals surface area contributed by atoms with E-state index in [2.05, 4.69) is 9.98 Å². The van der Waals surface area contributed by atoms with E-state index in [1.54, 1.807) is 20.2 Å². The van der Waals surface area contributed by atoms with Crippen LogP contribution in [0.1, 0.15) is 27.9 Å². The molecule has 3 rings (SSSR count). The van der Waals surface area contributed by atoms with Crippen LogP contribution >= 0.6 is 0 Å². The van der Waals surface area contributed by atoms with Gasteiger partial charge in [-0.2, -0.15) is 0 Å². The molecule has 0 aliphatic carbocycles. The Balaban J connectivity index is 1.71. The van der Waals surface area contributed by atoms with Crippen LogP contribution < -0.4 is 9.47 Å². The first kappa shape index (κ1) is 20.4. The van der Waals surface area contributed by atoms with Gasteiger partial charge >= 0.3 is 0 Å². The molecule has 3 aromatic rings. The topological polar surface area (TPSA) is 84.2 Å². The summed E-state index contributed by atoms with van der Waals surface area (Å²) in [5, 5.41) is 19.6. The summed E-state index contributed by atoms with van der Waals surface area (Å²) >= 11 is 0. The number of benzene rings is 2. The number of aryl methyl sites for hydroxylation is 1. The summed E-state index contributed by atoms with van der Waals surface area (Å²) in [6, 6.07) is 15.6. The van der Waals surface area contributed by atoms with Crippen LogP contribution in [0.4, 0.5) is 0 Å². The molecule has 150 valence electrons. The highest BCUT2D eigenvalue weighted by atomic mass is 16.5. The molecular formula is C23H24N2O4. The molecule has 6 heteroatoms. The van der Waals surface area contributed by atoms with Gasteiger partial charge in [-0.15, -0.1) is 0 Å². The number of hydrogen-bond donors (Lipinski definition) is 2. The number of ether oxygens (including phenoxy) is 2. The van der Waals surface area contributed by atoms with Crippen LogP contribution in [0.25, 0.3) is 0 Å². The number of pyridine rings is 1. The van der Waals surface area contributed by atoms with Crippen molar-refractivity contribution in [2.45, 2.75) is 26.7 Å². The molecule has 0 saturated carbocycles. The van der Waals surface area contributed by atoms with Crippen molar-refractivity contribution in [1.29, 1.82) is 0 Å². The van der Waals surface area contributed by atoms with E-state index in [0.717, 1.165) is 11.1 Å². The van der Waals surface area contributed by atoms with Crippen LogP contribution in [0.2, 0.25) is 0 Å². The van der Waals surface area contributed by atoms with Crippen LogP contribution in [0.5, 0.6) is 17.2 Å². The molecule has 0 saturated heterocycles. The van der Waals surface area contributed by atoms with E-state index in [4.69, 9.17) is 9.47 Å². The van der Waals surface area contributed by atoms with Gasteiger partial charge in [0.1, 0.15) is 12.4 Å². The van der Waals surface area contributed by atoms with Crippen LogP contribution in [0.3, 0.4) is 0 Å².